The van der Waals surface area contributed by atoms with Crippen molar-refractivity contribution in [2.75, 3.05) is 0 Å². The number of aliphatic carboxylic acids is 1. The lowest BCUT2D eigenvalue weighted by Gasteiger charge is -2.11. The van der Waals surface area contributed by atoms with Gasteiger partial charge in [-0.3, -0.25) is 4.79 Å². The van der Waals surface area contributed by atoms with Gasteiger partial charge in [0.25, 0.3) is 0 Å². The van der Waals surface area contributed by atoms with Gasteiger partial charge < -0.3 is 14.4 Å². The highest BCUT2D eigenvalue weighted by Crippen LogP contribution is 2.31. The molecule has 0 atom stereocenters. The monoisotopic (exact) mass is 421 g/mol. The minimum Gasteiger partial charge on any atom is -0.489 e. The number of rotatable bonds is 7. The summed E-state index contributed by atoms with van der Waals surface area (Å²) in [6, 6.07) is 32.5. The molecular weight excluding hydrogens is 398 g/mol. The van der Waals surface area contributed by atoms with Gasteiger partial charge in [0.1, 0.15) is 12.4 Å². The van der Waals surface area contributed by atoms with Gasteiger partial charge in [-0.15, -0.1) is 0 Å². The van der Waals surface area contributed by atoms with E-state index in [2.05, 4.69) is 41.0 Å². The lowest BCUT2D eigenvalue weighted by molar-refractivity contribution is -0.136. The summed E-state index contributed by atoms with van der Waals surface area (Å²) < 4.78 is 8.27. The number of para-hydroxylation sites is 1. The van der Waals surface area contributed by atoms with E-state index in [1.54, 1.807) is 0 Å². The maximum Gasteiger partial charge on any atom is 0.307 e. The van der Waals surface area contributed by atoms with Crippen LogP contribution in [0.2, 0.25) is 0 Å². The van der Waals surface area contributed by atoms with Gasteiger partial charge in [-0.1, -0.05) is 72.8 Å². The lowest BCUT2D eigenvalue weighted by atomic mass is 10.1. The van der Waals surface area contributed by atoms with Gasteiger partial charge in [0.05, 0.1) is 6.42 Å². The van der Waals surface area contributed by atoms with Crippen molar-refractivity contribution in [1.82, 2.24) is 4.57 Å². The van der Waals surface area contributed by atoms with Crippen LogP contribution >= 0.6 is 0 Å². The van der Waals surface area contributed by atoms with Gasteiger partial charge in [-0.25, -0.2) is 0 Å². The second kappa shape index (κ2) is 8.60. The molecule has 0 bridgehead atoms. The molecule has 0 aliphatic carbocycles. The van der Waals surface area contributed by atoms with E-state index in [1.165, 1.54) is 5.39 Å². The van der Waals surface area contributed by atoms with Crippen molar-refractivity contribution < 1.29 is 14.6 Å². The van der Waals surface area contributed by atoms with Crippen LogP contribution in [-0.4, -0.2) is 15.6 Å². The molecule has 0 saturated carbocycles. The van der Waals surface area contributed by atoms with E-state index in [-0.39, 0.29) is 6.42 Å². The second-order valence-electron chi connectivity index (χ2n) is 7.95. The number of carboxylic acids is 1. The number of carboxylic acid groups (broad SMARTS) is 1. The molecule has 1 N–H and O–H groups in total. The minimum absolute atomic E-state index is 0.0142. The molecule has 1 aromatic heterocycles. The van der Waals surface area contributed by atoms with E-state index >= 15 is 0 Å². The van der Waals surface area contributed by atoms with Gasteiger partial charge in [0.2, 0.25) is 0 Å². The summed E-state index contributed by atoms with van der Waals surface area (Å²) in [6.07, 6.45) is 0.0142. The van der Waals surface area contributed by atoms with Crippen molar-refractivity contribution in [2.24, 2.45) is 0 Å². The molecule has 158 valence electrons. The fourth-order valence-electron chi connectivity index (χ4n) is 4.21. The molecular formula is C28H23NO3. The lowest BCUT2D eigenvalue weighted by Crippen LogP contribution is -2.02. The predicted octanol–water partition coefficient (Wildman–Crippen LogP) is 6.05. The van der Waals surface area contributed by atoms with E-state index in [1.807, 2.05) is 60.7 Å². The predicted molar refractivity (Wildman–Crippen MR) is 127 cm³/mol. The zero-order valence-electron chi connectivity index (χ0n) is 17.6. The minimum atomic E-state index is -0.824. The Labute approximate surface area is 186 Å². The maximum atomic E-state index is 11.2. The molecule has 4 heteroatoms. The summed E-state index contributed by atoms with van der Waals surface area (Å²) in [5, 5.41) is 11.5. The average molecular weight is 421 g/mol. The molecule has 0 radical (unpaired) electrons. The molecule has 1 heterocycles. The third-order valence-corrected chi connectivity index (χ3v) is 5.68. The Morgan fingerprint density at radius 2 is 1.47 bits per heavy atom. The first-order valence-corrected chi connectivity index (χ1v) is 10.6. The van der Waals surface area contributed by atoms with Crippen molar-refractivity contribution in [3.8, 4) is 5.75 Å². The van der Waals surface area contributed by atoms with Crippen LogP contribution in [-0.2, 0) is 24.4 Å². The number of hydrogen-bond acceptors (Lipinski definition) is 2. The Hall–Kier alpha value is -4.05. The van der Waals surface area contributed by atoms with E-state index in [0.717, 1.165) is 38.9 Å². The van der Waals surface area contributed by atoms with Crippen molar-refractivity contribution in [1.29, 1.82) is 0 Å². The van der Waals surface area contributed by atoms with Crippen LogP contribution in [0.4, 0.5) is 0 Å². The van der Waals surface area contributed by atoms with Crippen LogP contribution in [0.5, 0.6) is 5.75 Å². The standard InChI is InChI=1S/C28H23NO3/c30-28(31)17-21-13-14-25-24-11-4-5-12-26(24)29(27(25)16-21)18-22-9-6-10-23(15-22)32-19-20-7-2-1-3-8-20/h1-16H,17-19H2,(H,30,31). The maximum absolute atomic E-state index is 11.2. The first kappa shape index (κ1) is 19.9. The van der Waals surface area contributed by atoms with Gasteiger partial charge in [-0.05, 0) is 41.0 Å². The zero-order valence-corrected chi connectivity index (χ0v) is 17.6. The first-order valence-electron chi connectivity index (χ1n) is 10.6. The van der Waals surface area contributed by atoms with Crippen molar-refractivity contribution >= 4 is 27.8 Å². The number of fused-ring (bicyclic) bond motifs is 3. The Morgan fingerprint density at radius 3 is 2.31 bits per heavy atom. The highest BCUT2D eigenvalue weighted by atomic mass is 16.5. The van der Waals surface area contributed by atoms with Gasteiger partial charge in [0, 0.05) is 28.4 Å². The number of benzene rings is 4. The number of carbonyl (C=O) groups is 1. The first-order chi connectivity index (χ1) is 15.7. The fourth-order valence-corrected chi connectivity index (χ4v) is 4.21. The van der Waals surface area contributed by atoms with Crippen LogP contribution in [0, 0.1) is 0 Å². The Balaban J connectivity index is 1.49. The summed E-state index contributed by atoms with van der Waals surface area (Å²) in [4.78, 5) is 11.2. The number of hydrogen-bond donors (Lipinski definition) is 1. The van der Waals surface area contributed by atoms with Crippen LogP contribution in [0.1, 0.15) is 16.7 Å². The molecule has 5 rings (SSSR count). The third-order valence-electron chi connectivity index (χ3n) is 5.68. The molecule has 0 amide bonds. The summed E-state index contributed by atoms with van der Waals surface area (Å²) in [5.74, 6) is 0.00830. The quantitative estimate of drug-likeness (QED) is 0.348. The van der Waals surface area contributed by atoms with Gasteiger partial charge in [-0.2, -0.15) is 0 Å². The van der Waals surface area contributed by atoms with Crippen molar-refractivity contribution in [3.05, 3.63) is 114 Å². The van der Waals surface area contributed by atoms with Crippen molar-refractivity contribution in [3.63, 3.8) is 0 Å². The molecule has 0 spiro atoms. The van der Waals surface area contributed by atoms with Crippen LogP contribution < -0.4 is 4.74 Å². The highest BCUT2D eigenvalue weighted by molar-refractivity contribution is 6.08. The van der Waals surface area contributed by atoms with Crippen molar-refractivity contribution in [2.45, 2.75) is 19.6 Å². The molecule has 4 nitrogen and oxygen atoms in total. The zero-order chi connectivity index (χ0) is 21.9. The highest BCUT2D eigenvalue weighted by Gasteiger charge is 2.12. The molecule has 0 aliphatic rings. The Bertz CT molecular complexity index is 1400. The smallest absolute Gasteiger partial charge is 0.307 e. The number of ether oxygens (including phenoxy) is 1. The normalized spacial score (nSPS) is 11.1. The van der Waals surface area contributed by atoms with Gasteiger partial charge >= 0.3 is 5.97 Å². The molecule has 0 saturated heterocycles. The van der Waals surface area contributed by atoms with Crippen LogP contribution in [0.25, 0.3) is 21.8 Å². The van der Waals surface area contributed by atoms with Crippen LogP contribution in [0.15, 0.2) is 97.1 Å². The third kappa shape index (κ3) is 4.08. The molecule has 4 aromatic carbocycles. The van der Waals surface area contributed by atoms with E-state index in [9.17, 15) is 9.90 Å². The van der Waals surface area contributed by atoms with E-state index in [0.29, 0.717) is 13.2 Å². The number of nitrogens with zero attached hydrogens (tertiary/aromatic N) is 1. The van der Waals surface area contributed by atoms with E-state index < -0.39 is 5.97 Å². The topological polar surface area (TPSA) is 51.5 Å². The fraction of sp³-hybridized carbons (Fsp3) is 0.107. The molecule has 0 aliphatic heterocycles. The Morgan fingerprint density at radius 1 is 0.719 bits per heavy atom. The summed E-state index contributed by atoms with van der Waals surface area (Å²) >= 11 is 0. The number of aromatic nitrogens is 1. The SMILES string of the molecule is O=C(O)Cc1ccc2c3ccccc3n(Cc3cccc(OCc4ccccc4)c3)c2c1. The molecule has 32 heavy (non-hydrogen) atoms. The van der Waals surface area contributed by atoms with Gasteiger partial charge in [0.15, 0.2) is 0 Å². The molecule has 5 aromatic rings. The second-order valence-corrected chi connectivity index (χ2v) is 7.95. The van der Waals surface area contributed by atoms with Crippen LogP contribution in [0.3, 0.4) is 0 Å². The van der Waals surface area contributed by atoms with E-state index in [4.69, 9.17) is 4.74 Å². The molecule has 0 unspecified atom stereocenters. The molecule has 0 fully saturated rings. The largest absolute Gasteiger partial charge is 0.489 e. The summed E-state index contributed by atoms with van der Waals surface area (Å²) in [7, 11) is 0. The summed E-state index contributed by atoms with van der Waals surface area (Å²) in [5.41, 5.74) is 5.23. The Kier molecular flexibility index (Phi) is 5.34. The average Bonchev–Trinajstić information content (AvgIpc) is 3.11. The summed E-state index contributed by atoms with van der Waals surface area (Å²) in [6.45, 7) is 1.20.